The SMILES string of the molecule is CN=C(NCC1CCCOC1C(C)(C)C)NC1CCCn2nc(C)nc21.I. The number of nitrogens with one attached hydrogen (secondary N) is 2. The third-order valence-corrected chi connectivity index (χ3v) is 5.35. The van der Waals surface area contributed by atoms with Gasteiger partial charge in [0, 0.05) is 32.7 Å². The summed E-state index contributed by atoms with van der Waals surface area (Å²) in [7, 11) is 1.83. The van der Waals surface area contributed by atoms with E-state index < -0.39 is 0 Å². The summed E-state index contributed by atoms with van der Waals surface area (Å²) < 4.78 is 8.12. The molecular weight excluding hydrogens is 455 g/mol. The van der Waals surface area contributed by atoms with Gasteiger partial charge in [-0.2, -0.15) is 5.10 Å². The first-order valence-corrected chi connectivity index (χ1v) is 9.88. The van der Waals surface area contributed by atoms with Crippen LogP contribution in [0.25, 0.3) is 0 Å². The number of guanidine groups is 1. The zero-order valence-electron chi connectivity index (χ0n) is 17.3. The van der Waals surface area contributed by atoms with E-state index in [1.165, 1.54) is 6.42 Å². The van der Waals surface area contributed by atoms with Gasteiger partial charge in [0.15, 0.2) is 5.96 Å². The van der Waals surface area contributed by atoms with Gasteiger partial charge in [-0.3, -0.25) is 4.99 Å². The maximum Gasteiger partial charge on any atom is 0.191 e. The molecule has 0 radical (unpaired) electrons. The molecule has 154 valence electrons. The number of fused-ring (bicyclic) bond motifs is 1. The quantitative estimate of drug-likeness (QED) is 0.387. The molecule has 0 saturated carbocycles. The minimum atomic E-state index is 0. The van der Waals surface area contributed by atoms with Crippen molar-refractivity contribution in [3.63, 3.8) is 0 Å². The molecule has 0 spiro atoms. The highest BCUT2D eigenvalue weighted by Gasteiger charge is 2.35. The largest absolute Gasteiger partial charge is 0.377 e. The fraction of sp³-hybridized carbons (Fsp3) is 0.842. The number of rotatable bonds is 3. The molecule has 0 bridgehead atoms. The molecule has 0 amide bonds. The van der Waals surface area contributed by atoms with Crippen LogP contribution in [0, 0.1) is 18.3 Å². The van der Waals surface area contributed by atoms with Crippen molar-refractivity contribution in [3.05, 3.63) is 11.6 Å². The Morgan fingerprint density at radius 2 is 2.07 bits per heavy atom. The van der Waals surface area contributed by atoms with E-state index >= 15 is 0 Å². The van der Waals surface area contributed by atoms with Gasteiger partial charge in [-0.05, 0) is 38.0 Å². The lowest BCUT2D eigenvalue weighted by Crippen LogP contribution is -2.48. The normalized spacial score (nSPS) is 26.1. The molecule has 3 unspecified atom stereocenters. The first-order chi connectivity index (χ1) is 12.4. The number of halogens is 1. The second-order valence-corrected chi connectivity index (χ2v) is 8.59. The Bertz CT molecular complexity index is 639. The van der Waals surface area contributed by atoms with E-state index in [-0.39, 0.29) is 41.5 Å². The molecule has 27 heavy (non-hydrogen) atoms. The number of hydrogen-bond donors (Lipinski definition) is 2. The van der Waals surface area contributed by atoms with Crippen molar-refractivity contribution in [2.75, 3.05) is 20.2 Å². The first-order valence-electron chi connectivity index (χ1n) is 9.88. The Kier molecular flexibility index (Phi) is 7.91. The Labute approximate surface area is 180 Å². The monoisotopic (exact) mass is 490 g/mol. The van der Waals surface area contributed by atoms with Crippen molar-refractivity contribution in [1.29, 1.82) is 0 Å². The summed E-state index contributed by atoms with van der Waals surface area (Å²) in [5, 5.41) is 11.6. The maximum atomic E-state index is 6.10. The summed E-state index contributed by atoms with van der Waals surface area (Å²) >= 11 is 0. The molecule has 0 aliphatic carbocycles. The van der Waals surface area contributed by atoms with Crippen LogP contribution < -0.4 is 10.6 Å². The van der Waals surface area contributed by atoms with Gasteiger partial charge >= 0.3 is 0 Å². The van der Waals surface area contributed by atoms with Crippen molar-refractivity contribution in [3.8, 4) is 0 Å². The van der Waals surface area contributed by atoms with Crippen LogP contribution in [0.1, 0.15) is 64.1 Å². The standard InChI is InChI=1S/C19H34N6O.HI/c1-13-22-17-15(9-6-10-25(17)24-13)23-18(20-5)21-12-14-8-7-11-26-16(14)19(2,3)4;/h14-16H,6-12H2,1-5H3,(H2,20,21,23);1H. The highest BCUT2D eigenvalue weighted by molar-refractivity contribution is 14.0. The van der Waals surface area contributed by atoms with E-state index in [0.29, 0.717) is 5.92 Å². The van der Waals surface area contributed by atoms with Crippen molar-refractivity contribution in [2.24, 2.45) is 16.3 Å². The number of aliphatic imine (C=N–C) groups is 1. The molecule has 1 saturated heterocycles. The maximum absolute atomic E-state index is 6.10. The van der Waals surface area contributed by atoms with Crippen LogP contribution in [0.4, 0.5) is 0 Å². The van der Waals surface area contributed by atoms with Crippen LogP contribution >= 0.6 is 24.0 Å². The summed E-state index contributed by atoms with van der Waals surface area (Å²) in [6.07, 6.45) is 4.77. The predicted molar refractivity (Wildman–Crippen MR) is 119 cm³/mol. The fourth-order valence-corrected chi connectivity index (χ4v) is 4.20. The van der Waals surface area contributed by atoms with Crippen LogP contribution in [-0.2, 0) is 11.3 Å². The molecule has 1 aromatic rings. The minimum absolute atomic E-state index is 0. The minimum Gasteiger partial charge on any atom is -0.377 e. The predicted octanol–water partition coefficient (Wildman–Crippen LogP) is 3.05. The smallest absolute Gasteiger partial charge is 0.191 e. The molecule has 2 N–H and O–H groups in total. The number of nitrogens with zero attached hydrogens (tertiary/aromatic N) is 4. The Hall–Kier alpha value is -0.900. The van der Waals surface area contributed by atoms with Gasteiger partial charge in [0.05, 0.1) is 12.1 Å². The van der Waals surface area contributed by atoms with Crippen molar-refractivity contribution in [1.82, 2.24) is 25.4 Å². The van der Waals surface area contributed by atoms with Gasteiger partial charge < -0.3 is 15.4 Å². The highest BCUT2D eigenvalue weighted by atomic mass is 127. The zero-order chi connectivity index (χ0) is 18.7. The lowest BCUT2D eigenvalue weighted by Gasteiger charge is -2.40. The molecule has 7 nitrogen and oxygen atoms in total. The van der Waals surface area contributed by atoms with Gasteiger partial charge in [0.1, 0.15) is 11.6 Å². The zero-order valence-corrected chi connectivity index (χ0v) is 19.6. The molecule has 0 aromatic carbocycles. The molecule has 3 heterocycles. The fourth-order valence-electron chi connectivity index (χ4n) is 4.20. The van der Waals surface area contributed by atoms with Gasteiger partial charge in [-0.1, -0.05) is 20.8 Å². The number of ether oxygens (including phenoxy) is 1. The molecule has 1 fully saturated rings. The number of aromatic nitrogens is 3. The van der Waals surface area contributed by atoms with E-state index in [4.69, 9.17) is 4.74 Å². The molecule has 8 heteroatoms. The van der Waals surface area contributed by atoms with Crippen molar-refractivity contribution < 1.29 is 4.74 Å². The van der Waals surface area contributed by atoms with Gasteiger partial charge in [0.2, 0.25) is 0 Å². The summed E-state index contributed by atoms with van der Waals surface area (Å²) in [5.41, 5.74) is 0.154. The second kappa shape index (κ2) is 9.54. The molecule has 2 aliphatic heterocycles. The third kappa shape index (κ3) is 5.56. The van der Waals surface area contributed by atoms with Gasteiger partial charge in [-0.25, -0.2) is 9.67 Å². The second-order valence-electron chi connectivity index (χ2n) is 8.59. The lowest BCUT2D eigenvalue weighted by molar-refractivity contribution is -0.0835. The van der Waals surface area contributed by atoms with Gasteiger partial charge in [-0.15, -0.1) is 24.0 Å². The lowest BCUT2D eigenvalue weighted by atomic mass is 9.78. The summed E-state index contributed by atoms with van der Waals surface area (Å²) in [6, 6.07) is 0.164. The van der Waals surface area contributed by atoms with E-state index in [1.807, 2.05) is 18.7 Å². The van der Waals surface area contributed by atoms with E-state index in [2.05, 4.69) is 46.5 Å². The van der Waals surface area contributed by atoms with Crippen LogP contribution in [0.3, 0.4) is 0 Å². The van der Waals surface area contributed by atoms with E-state index in [9.17, 15) is 0 Å². The van der Waals surface area contributed by atoms with Crippen LogP contribution in [0.2, 0.25) is 0 Å². The summed E-state index contributed by atoms with van der Waals surface area (Å²) in [4.78, 5) is 9.03. The van der Waals surface area contributed by atoms with Crippen LogP contribution in [-0.4, -0.2) is 47.0 Å². The molecular formula is C19H35IN6O. The van der Waals surface area contributed by atoms with E-state index in [0.717, 1.165) is 56.6 Å². The van der Waals surface area contributed by atoms with Crippen molar-refractivity contribution >= 4 is 29.9 Å². The van der Waals surface area contributed by atoms with E-state index in [1.54, 1.807) is 0 Å². The highest BCUT2D eigenvalue weighted by Crippen LogP contribution is 2.33. The number of hydrogen-bond acceptors (Lipinski definition) is 4. The Morgan fingerprint density at radius 1 is 1.30 bits per heavy atom. The average Bonchev–Trinajstić information content (AvgIpc) is 2.99. The molecule has 1 aromatic heterocycles. The van der Waals surface area contributed by atoms with Crippen LogP contribution in [0.15, 0.2) is 4.99 Å². The summed E-state index contributed by atoms with van der Waals surface area (Å²) in [6.45, 7) is 11.4. The summed E-state index contributed by atoms with van der Waals surface area (Å²) in [5.74, 6) is 3.19. The van der Waals surface area contributed by atoms with Crippen LogP contribution in [0.5, 0.6) is 0 Å². The Morgan fingerprint density at radius 3 is 2.78 bits per heavy atom. The Balaban J connectivity index is 0.00000261. The third-order valence-electron chi connectivity index (χ3n) is 5.35. The molecule has 2 aliphatic rings. The molecule has 3 atom stereocenters. The number of aryl methyl sites for hydroxylation is 2. The topological polar surface area (TPSA) is 76.4 Å². The molecule has 3 rings (SSSR count). The van der Waals surface area contributed by atoms with Gasteiger partial charge in [0.25, 0.3) is 0 Å². The average molecular weight is 490 g/mol. The first kappa shape index (κ1) is 22.4. The van der Waals surface area contributed by atoms with Crippen molar-refractivity contribution in [2.45, 2.75) is 72.1 Å².